The Morgan fingerprint density at radius 1 is 1.48 bits per heavy atom. The highest BCUT2D eigenvalue weighted by atomic mass is 127. The van der Waals surface area contributed by atoms with E-state index in [1.807, 2.05) is 28.7 Å². The van der Waals surface area contributed by atoms with Gasteiger partial charge in [-0.3, -0.25) is 0 Å². The summed E-state index contributed by atoms with van der Waals surface area (Å²) in [7, 11) is 1.16. The number of carbonyl (C=O) groups excluding carboxylic acids is 1. The van der Waals surface area contributed by atoms with E-state index in [0.717, 1.165) is 7.11 Å². The third-order valence-corrected chi connectivity index (χ3v) is 4.44. The van der Waals surface area contributed by atoms with Crippen molar-refractivity contribution in [2.45, 2.75) is 0 Å². The van der Waals surface area contributed by atoms with Crippen molar-refractivity contribution in [3.63, 3.8) is 0 Å². The quantitative estimate of drug-likeness (QED) is 0.397. The summed E-state index contributed by atoms with van der Waals surface area (Å²) in [5, 5.41) is 18.4. The molecule has 2 aromatic rings. The molecule has 0 saturated heterocycles. The fourth-order valence-electron chi connectivity index (χ4n) is 2.01. The van der Waals surface area contributed by atoms with Crippen LogP contribution < -0.4 is 5.73 Å². The SMILES string of the molecule is COC(=O)c1c(N)c(C#N)cn1-c1c(I)cc(Br)c(F)c1C#N. The van der Waals surface area contributed by atoms with Crippen LogP contribution in [0.1, 0.15) is 21.6 Å². The van der Waals surface area contributed by atoms with Gasteiger partial charge in [-0.05, 0) is 44.6 Å². The van der Waals surface area contributed by atoms with Gasteiger partial charge in [-0.1, -0.05) is 0 Å². The van der Waals surface area contributed by atoms with Crippen LogP contribution in [0.3, 0.4) is 0 Å². The second kappa shape index (κ2) is 6.56. The number of nitrogens with zero attached hydrogens (tertiary/aromatic N) is 3. The van der Waals surface area contributed by atoms with Gasteiger partial charge in [0.15, 0.2) is 11.5 Å². The summed E-state index contributed by atoms with van der Waals surface area (Å²) < 4.78 is 20.7. The Hall–Kier alpha value is -2.11. The average molecular weight is 489 g/mol. The summed E-state index contributed by atoms with van der Waals surface area (Å²) in [6, 6.07) is 5.07. The minimum absolute atomic E-state index is 0.0217. The number of hydrogen-bond acceptors (Lipinski definition) is 5. The Morgan fingerprint density at radius 2 is 2.13 bits per heavy atom. The first-order valence-corrected chi connectivity index (χ1v) is 7.81. The molecule has 0 fully saturated rings. The molecule has 1 aromatic heterocycles. The monoisotopic (exact) mass is 488 g/mol. The maximum absolute atomic E-state index is 14.2. The highest BCUT2D eigenvalue weighted by Gasteiger charge is 2.26. The fraction of sp³-hybridized carbons (Fsp3) is 0.0714. The molecule has 1 heterocycles. The minimum Gasteiger partial charge on any atom is -0.464 e. The summed E-state index contributed by atoms with van der Waals surface area (Å²) in [4.78, 5) is 12.0. The number of benzene rings is 1. The Balaban J connectivity index is 2.95. The van der Waals surface area contributed by atoms with E-state index in [-0.39, 0.29) is 32.7 Å². The molecule has 0 spiro atoms. The molecular weight excluding hydrogens is 482 g/mol. The molecule has 0 radical (unpaired) electrons. The number of carbonyl (C=O) groups is 1. The van der Waals surface area contributed by atoms with E-state index < -0.39 is 11.8 Å². The van der Waals surface area contributed by atoms with Gasteiger partial charge >= 0.3 is 5.97 Å². The Morgan fingerprint density at radius 3 is 2.65 bits per heavy atom. The molecule has 0 unspecified atom stereocenters. The summed E-state index contributed by atoms with van der Waals surface area (Å²) in [6.45, 7) is 0. The normalized spacial score (nSPS) is 10.0. The Bertz CT molecular complexity index is 911. The van der Waals surface area contributed by atoms with Crippen LogP contribution in [-0.2, 0) is 4.74 Å². The highest BCUT2D eigenvalue weighted by Crippen LogP contribution is 2.33. The van der Waals surface area contributed by atoms with Gasteiger partial charge in [0.2, 0.25) is 0 Å². The topological polar surface area (TPSA) is 105 Å². The molecule has 0 aliphatic heterocycles. The van der Waals surface area contributed by atoms with Crippen LogP contribution in [-0.4, -0.2) is 17.6 Å². The predicted octanol–water partition coefficient (Wildman–Crippen LogP) is 3.10. The van der Waals surface area contributed by atoms with E-state index in [1.165, 1.54) is 16.8 Å². The number of aromatic nitrogens is 1. The van der Waals surface area contributed by atoms with Crippen molar-refractivity contribution in [2.75, 3.05) is 12.8 Å². The van der Waals surface area contributed by atoms with E-state index in [1.54, 1.807) is 6.07 Å². The lowest BCUT2D eigenvalue weighted by Crippen LogP contribution is -2.13. The number of nitrogen functional groups attached to an aromatic ring is 1. The number of methoxy groups -OCH3 is 1. The first-order valence-electron chi connectivity index (χ1n) is 5.94. The third-order valence-electron chi connectivity index (χ3n) is 3.04. The van der Waals surface area contributed by atoms with Crippen molar-refractivity contribution in [1.29, 1.82) is 10.5 Å². The van der Waals surface area contributed by atoms with Crippen LogP contribution in [0.5, 0.6) is 0 Å². The molecule has 0 saturated carbocycles. The lowest BCUT2D eigenvalue weighted by Gasteiger charge is -2.13. The fourth-order valence-corrected chi connectivity index (χ4v) is 3.71. The first-order chi connectivity index (χ1) is 10.9. The second-order valence-corrected chi connectivity index (χ2v) is 6.28. The Kier molecular flexibility index (Phi) is 4.92. The molecule has 2 N–H and O–H groups in total. The van der Waals surface area contributed by atoms with Gasteiger partial charge in [0, 0.05) is 9.77 Å². The number of anilines is 1. The van der Waals surface area contributed by atoms with Gasteiger partial charge in [-0.2, -0.15) is 10.5 Å². The average Bonchev–Trinajstić information content (AvgIpc) is 2.86. The molecule has 0 amide bonds. The number of rotatable bonds is 2. The smallest absolute Gasteiger partial charge is 0.357 e. The molecule has 0 aliphatic rings. The molecule has 23 heavy (non-hydrogen) atoms. The van der Waals surface area contributed by atoms with Crippen LogP contribution in [0.4, 0.5) is 10.1 Å². The van der Waals surface area contributed by atoms with Crippen molar-refractivity contribution >= 4 is 50.2 Å². The number of nitrogens with two attached hydrogens (primary N) is 1. The van der Waals surface area contributed by atoms with E-state index in [2.05, 4.69) is 20.7 Å². The lowest BCUT2D eigenvalue weighted by atomic mass is 10.1. The summed E-state index contributed by atoms with van der Waals surface area (Å²) in [5.74, 6) is -1.57. The van der Waals surface area contributed by atoms with Crippen LogP contribution >= 0.6 is 38.5 Å². The van der Waals surface area contributed by atoms with Crippen molar-refractivity contribution in [1.82, 2.24) is 4.57 Å². The predicted molar refractivity (Wildman–Crippen MR) is 91.3 cm³/mol. The molecule has 0 aliphatic carbocycles. The maximum atomic E-state index is 14.2. The third kappa shape index (κ3) is 2.78. The molecule has 0 atom stereocenters. The van der Waals surface area contributed by atoms with Crippen molar-refractivity contribution in [3.8, 4) is 17.8 Å². The zero-order valence-electron chi connectivity index (χ0n) is 11.5. The molecule has 2 rings (SSSR count). The van der Waals surface area contributed by atoms with Crippen LogP contribution in [0.25, 0.3) is 5.69 Å². The Labute approximate surface area is 152 Å². The number of hydrogen-bond donors (Lipinski definition) is 1. The van der Waals surface area contributed by atoms with E-state index in [9.17, 15) is 14.4 Å². The van der Waals surface area contributed by atoms with Crippen LogP contribution in [0.15, 0.2) is 16.7 Å². The van der Waals surface area contributed by atoms with Gasteiger partial charge < -0.3 is 15.0 Å². The van der Waals surface area contributed by atoms with Crippen LogP contribution in [0, 0.1) is 32.0 Å². The first kappa shape index (κ1) is 17.2. The molecule has 1 aromatic carbocycles. The summed E-state index contributed by atoms with van der Waals surface area (Å²) in [5.41, 5.74) is 5.42. The zero-order valence-corrected chi connectivity index (χ0v) is 15.3. The number of halogens is 3. The van der Waals surface area contributed by atoms with E-state index in [0.29, 0.717) is 3.57 Å². The van der Waals surface area contributed by atoms with Gasteiger partial charge in [0.05, 0.1) is 28.5 Å². The molecule has 6 nitrogen and oxygen atoms in total. The summed E-state index contributed by atoms with van der Waals surface area (Å²) >= 11 is 4.93. The van der Waals surface area contributed by atoms with Gasteiger partial charge in [0.25, 0.3) is 0 Å². The standard InChI is InChI=1S/C14H7BrFIN4O2/c1-23-14(22)13-11(20)6(3-18)5-21(13)12-7(4-19)10(16)8(15)2-9(12)17/h2,5H,20H2,1H3. The maximum Gasteiger partial charge on any atom is 0.357 e. The lowest BCUT2D eigenvalue weighted by molar-refractivity contribution is 0.0593. The molecule has 116 valence electrons. The second-order valence-electron chi connectivity index (χ2n) is 4.27. The number of ether oxygens (including phenoxy) is 1. The molecular formula is C14H7BrFIN4O2. The number of nitriles is 2. The van der Waals surface area contributed by atoms with Crippen LogP contribution in [0.2, 0.25) is 0 Å². The largest absolute Gasteiger partial charge is 0.464 e. The van der Waals surface area contributed by atoms with E-state index >= 15 is 0 Å². The zero-order chi connectivity index (χ0) is 17.3. The number of esters is 1. The van der Waals surface area contributed by atoms with Gasteiger partial charge in [-0.15, -0.1) is 0 Å². The minimum atomic E-state index is -0.799. The van der Waals surface area contributed by atoms with Crippen molar-refractivity contribution < 1.29 is 13.9 Å². The molecule has 9 heteroatoms. The van der Waals surface area contributed by atoms with E-state index in [4.69, 9.17) is 11.0 Å². The molecule has 0 bridgehead atoms. The highest BCUT2D eigenvalue weighted by molar-refractivity contribution is 14.1. The van der Waals surface area contributed by atoms with Crippen molar-refractivity contribution in [3.05, 3.63) is 42.9 Å². The summed E-state index contributed by atoms with van der Waals surface area (Å²) in [6.07, 6.45) is 1.27. The van der Waals surface area contributed by atoms with Gasteiger partial charge in [0.1, 0.15) is 17.7 Å². The van der Waals surface area contributed by atoms with Gasteiger partial charge in [-0.25, -0.2) is 9.18 Å². The van der Waals surface area contributed by atoms with Crippen molar-refractivity contribution in [2.24, 2.45) is 0 Å².